The highest BCUT2D eigenvalue weighted by atomic mass is 32.1. The van der Waals surface area contributed by atoms with Crippen molar-refractivity contribution < 1.29 is 0 Å². The molecule has 0 aromatic carbocycles. The van der Waals surface area contributed by atoms with E-state index in [-0.39, 0.29) is 0 Å². The summed E-state index contributed by atoms with van der Waals surface area (Å²) >= 11 is 4.93. The molecule has 0 spiro atoms. The Morgan fingerprint density at radius 1 is 0.762 bits per heavy atom. The third kappa shape index (κ3) is 2.53. The number of rotatable bonds is 3. The molecule has 0 aliphatic carbocycles. The summed E-state index contributed by atoms with van der Waals surface area (Å²) in [5.41, 5.74) is 2.97. The van der Waals surface area contributed by atoms with Crippen molar-refractivity contribution in [3.8, 4) is 31.8 Å². The molecular formula is C15H9N3S3. The average Bonchev–Trinajstić information content (AvgIpc) is 3.29. The van der Waals surface area contributed by atoms with Gasteiger partial charge in [-0.2, -0.15) is 0 Å². The summed E-state index contributed by atoms with van der Waals surface area (Å²) in [4.78, 5) is 14.7. The van der Waals surface area contributed by atoms with Gasteiger partial charge in [-0.25, -0.2) is 15.0 Å². The average molecular weight is 327 g/mol. The lowest BCUT2D eigenvalue weighted by molar-refractivity contribution is 1.27. The van der Waals surface area contributed by atoms with Crippen molar-refractivity contribution in [1.82, 2.24) is 15.0 Å². The maximum atomic E-state index is 4.73. The summed E-state index contributed by atoms with van der Waals surface area (Å²) in [6, 6.07) is 8.38. The van der Waals surface area contributed by atoms with Crippen molar-refractivity contribution in [3.05, 3.63) is 52.8 Å². The van der Waals surface area contributed by atoms with E-state index in [1.807, 2.05) is 23.2 Å². The van der Waals surface area contributed by atoms with Crippen LogP contribution in [0, 0.1) is 0 Å². The van der Waals surface area contributed by atoms with Crippen molar-refractivity contribution in [2.75, 3.05) is 0 Å². The van der Waals surface area contributed by atoms with E-state index in [0.717, 1.165) is 27.0 Å². The van der Waals surface area contributed by atoms with Gasteiger partial charge in [0.05, 0.1) is 0 Å². The third-order valence-electron chi connectivity index (χ3n) is 2.93. The predicted molar refractivity (Wildman–Crippen MR) is 89.8 cm³/mol. The summed E-state index contributed by atoms with van der Waals surface area (Å²) < 4.78 is 0. The fourth-order valence-corrected chi connectivity index (χ4v) is 3.94. The van der Waals surface area contributed by atoms with Crippen LogP contribution in [-0.2, 0) is 0 Å². The number of thiazole rings is 2. The Morgan fingerprint density at radius 2 is 1.43 bits per heavy atom. The van der Waals surface area contributed by atoms with Crippen LogP contribution in [0.3, 0.4) is 0 Å². The molecule has 4 aromatic heterocycles. The summed E-state index contributed by atoms with van der Waals surface area (Å²) in [6.45, 7) is 0. The zero-order chi connectivity index (χ0) is 14.1. The normalized spacial score (nSPS) is 10.9. The highest BCUT2D eigenvalue weighted by molar-refractivity contribution is 7.14. The first kappa shape index (κ1) is 12.8. The van der Waals surface area contributed by atoms with E-state index in [0.29, 0.717) is 0 Å². The van der Waals surface area contributed by atoms with Gasteiger partial charge in [0.2, 0.25) is 0 Å². The van der Waals surface area contributed by atoms with Gasteiger partial charge in [-0.1, -0.05) is 6.07 Å². The number of hydrogen-bond donors (Lipinski definition) is 0. The standard InChI is InChI=1S/C15H9N3S3/c1-2-13(19-5-1)10-8-11(14-16-3-6-20-14)18-12(9-10)15-17-4-7-21-15/h1-9H. The minimum Gasteiger partial charge on any atom is -0.243 e. The van der Waals surface area contributed by atoms with Crippen molar-refractivity contribution in [1.29, 1.82) is 0 Å². The van der Waals surface area contributed by atoms with E-state index in [1.54, 1.807) is 34.0 Å². The molecule has 4 rings (SSSR count). The van der Waals surface area contributed by atoms with Crippen LogP contribution in [0.25, 0.3) is 31.8 Å². The molecule has 0 radical (unpaired) electrons. The van der Waals surface area contributed by atoms with Gasteiger partial charge in [-0.05, 0) is 29.1 Å². The monoisotopic (exact) mass is 327 g/mol. The topological polar surface area (TPSA) is 38.7 Å². The molecule has 0 fully saturated rings. The first-order chi connectivity index (χ1) is 10.4. The third-order valence-corrected chi connectivity index (χ3v) is 5.44. The van der Waals surface area contributed by atoms with Crippen molar-refractivity contribution in [2.24, 2.45) is 0 Å². The zero-order valence-electron chi connectivity index (χ0n) is 10.8. The van der Waals surface area contributed by atoms with Crippen LogP contribution in [0.1, 0.15) is 0 Å². The van der Waals surface area contributed by atoms with Gasteiger partial charge in [0.15, 0.2) is 0 Å². The van der Waals surface area contributed by atoms with Crippen molar-refractivity contribution >= 4 is 34.0 Å². The molecule has 0 bridgehead atoms. The summed E-state index contributed by atoms with van der Waals surface area (Å²) in [7, 11) is 0. The Labute approximate surface area is 133 Å². The molecule has 0 amide bonds. The number of thiophene rings is 1. The van der Waals surface area contributed by atoms with Gasteiger partial charge in [0.1, 0.15) is 21.4 Å². The van der Waals surface area contributed by atoms with Crippen molar-refractivity contribution in [2.45, 2.75) is 0 Å². The lowest BCUT2D eigenvalue weighted by Gasteiger charge is -2.05. The van der Waals surface area contributed by atoms with E-state index in [9.17, 15) is 0 Å². The Morgan fingerprint density at radius 3 is 1.90 bits per heavy atom. The molecule has 0 unspecified atom stereocenters. The second-order valence-electron chi connectivity index (χ2n) is 4.28. The second kappa shape index (κ2) is 5.48. The van der Waals surface area contributed by atoms with Crippen LogP contribution in [0.5, 0.6) is 0 Å². The molecule has 4 heterocycles. The molecule has 0 atom stereocenters. The fraction of sp³-hybridized carbons (Fsp3) is 0. The number of pyridine rings is 1. The van der Waals surface area contributed by atoms with E-state index >= 15 is 0 Å². The van der Waals surface area contributed by atoms with Gasteiger partial charge < -0.3 is 0 Å². The molecule has 102 valence electrons. The molecule has 4 aromatic rings. The van der Waals surface area contributed by atoms with Gasteiger partial charge >= 0.3 is 0 Å². The van der Waals surface area contributed by atoms with Crippen LogP contribution in [0.15, 0.2) is 52.8 Å². The van der Waals surface area contributed by atoms with Crippen LogP contribution in [-0.4, -0.2) is 15.0 Å². The van der Waals surface area contributed by atoms with Crippen LogP contribution < -0.4 is 0 Å². The smallest absolute Gasteiger partial charge is 0.141 e. The summed E-state index contributed by atoms with van der Waals surface area (Å²) in [5.74, 6) is 0. The molecular weight excluding hydrogens is 318 g/mol. The molecule has 0 saturated carbocycles. The summed E-state index contributed by atoms with van der Waals surface area (Å²) in [6.07, 6.45) is 3.62. The molecule has 6 heteroatoms. The fourth-order valence-electron chi connectivity index (χ4n) is 2.03. The molecule has 0 aliphatic rings. The maximum Gasteiger partial charge on any atom is 0.141 e. The maximum absolute atomic E-state index is 4.73. The number of hydrogen-bond acceptors (Lipinski definition) is 6. The van der Waals surface area contributed by atoms with Crippen LogP contribution >= 0.6 is 34.0 Å². The first-order valence-corrected chi connectivity index (χ1v) is 8.90. The molecule has 0 aliphatic heterocycles. The number of nitrogens with zero attached hydrogens (tertiary/aromatic N) is 3. The second-order valence-corrected chi connectivity index (χ2v) is 7.01. The Balaban J connectivity index is 1.92. The van der Waals surface area contributed by atoms with E-state index < -0.39 is 0 Å². The molecule has 0 saturated heterocycles. The zero-order valence-corrected chi connectivity index (χ0v) is 13.2. The predicted octanol–water partition coefficient (Wildman–Crippen LogP) is 5.06. The van der Waals surface area contributed by atoms with Gasteiger partial charge in [0.25, 0.3) is 0 Å². The van der Waals surface area contributed by atoms with E-state index in [2.05, 4.69) is 39.6 Å². The highest BCUT2D eigenvalue weighted by Gasteiger charge is 2.11. The highest BCUT2D eigenvalue weighted by Crippen LogP contribution is 2.33. The van der Waals surface area contributed by atoms with E-state index in [4.69, 9.17) is 4.98 Å². The van der Waals surface area contributed by atoms with Gasteiger partial charge in [-0.15, -0.1) is 34.0 Å². The number of aromatic nitrogens is 3. The van der Waals surface area contributed by atoms with Crippen molar-refractivity contribution in [3.63, 3.8) is 0 Å². The van der Waals surface area contributed by atoms with Crippen LogP contribution in [0.4, 0.5) is 0 Å². The van der Waals surface area contributed by atoms with Gasteiger partial charge in [0, 0.05) is 28.0 Å². The minimum absolute atomic E-state index is 0.904. The van der Waals surface area contributed by atoms with Gasteiger partial charge in [-0.3, -0.25) is 0 Å². The molecule has 0 N–H and O–H groups in total. The minimum atomic E-state index is 0.904. The molecule has 3 nitrogen and oxygen atoms in total. The Hall–Kier alpha value is -1.89. The first-order valence-electron chi connectivity index (χ1n) is 6.26. The largest absolute Gasteiger partial charge is 0.243 e. The lowest BCUT2D eigenvalue weighted by Crippen LogP contribution is -1.89. The molecule has 21 heavy (non-hydrogen) atoms. The Kier molecular flexibility index (Phi) is 3.34. The SMILES string of the molecule is c1csc(-c2cc(-c3nccs3)nc(-c3nccs3)c2)c1. The lowest BCUT2D eigenvalue weighted by atomic mass is 10.1. The van der Waals surface area contributed by atoms with E-state index in [1.165, 1.54) is 4.88 Å². The summed E-state index contributed by atoms with van der Waals surface area (Å²) in [5, 5.41) is 7.90. The Bertz CT molecular complexity index is 707. The van der Waals surface area contributed by atoms with Crippen LogP contribution in [0.2, 0.25) is 0 Å². The quantitative estimate of drug-likeness (QED) is 0.528.